The van der Waals surface area contributed by atoms with Crippen LogP contribution in [0.25, 0.3) is 0 Å². The number of amides is 1. The highest BCUT2D eigenvalue weighted by Gasteiger charge is 2.12. The number of hydrogen-bond donors (Lipinski definition) is 3. The predicted octanol–water partition coefficient (Wildman–Crippen LogP) is 1.68. The molecule has 0 unspecified atom stereocenters. The highest BCUT2D eigenvalue weighted by molar-refractivity contribution is 5.94. The van der Waals surface area contributed by atoms with Gasteiger partial charge in [0.05, 0.1) is 6.04 Å². The number of hydrogen-bond acceptors (Lipinski definition) is 3. The second kappa shape index (κ2) is 7.84. The average molecular weight is 250 g/mol. The minimum Gasteiger partial charge on any atom is -0.396 e. The van der Waals surface area contributed by atoms with Gasteiger partial charge in [-0.2, -0.15) is 0 Å². The molecule has 100 valence electrons. The van der Waals surface area contributed by atoms with E-state index in [1.165, 1.54) is 0 Å². The molecule has 0 saturated heterocycles. The lowest BCUT2D eigenvalue weighted by Gasteiger charge is -2.12. The maximum atomic E-state index is 11.8. The zero-order valence-electron chi connectivity index (χ0n) is 10.9. The normalized spacial score (nSPS) is 12.2. The summed E-state index contributed by atoms with van der Waals surface area (Å²) in [6, 6.07) is 7.20. The number of aryl methyl sites for hydroxylation is 1. The van der Waals surface area contributed by atoms with Crippen molar-refractivity contribution in [1.29, 1.82) is 0 Å². The lowest BCUT2D eigenvalue weighted by atomic mass is 10.1. The summed E-state index contributed by atoms with van der Waals surface area (Å²) in [5.41, 5.74) is 7.62. The summed E-state index contributed by atoms with van der Waals surface area (Å²) in [6.07, 6.45) is 3.12. The van der Waals surface area contributed by atoms with Crippen molar-refractivity contribution >= 4 is 11.6 Å². The van der Waals surface area contributed by atoms with Crippen LogP contribution in [0.5, 0.6) is 0 Å². The predicted molar refractivity (Wildman–Crippen MR) is 73.4 cm³/mol. The number of aliphatic hydroxyl groups excluding tert-OH is 1. The van der Waals surface area contributed by atoms with E-state index in [9.17, 15) is 4.79 Å². The number of aliphatic hydroxyl groups is 1. The van der Waals surface area contributed by atoms with Crippen LogP contribution in [0.4, 0.5) is 5.69 Å². The van der Waals surface area contributed by atoms with Crippen molar-refractivity contribution in [2.24, 2.45) is 5.73 Å². The van der Waals surface area contributed by atoms with Gasteiger partial charge in [0.2, 0.25) is 5.91 Å². The van der Waals surface area contributed by atoms with Gasteiger partial charge in [-0.05, 0) is 37.0 Å². The van der Waals surface area contributed by atoms with Gasteiger partial charge in [0.25, 0.3) is 0 Å². The summed E-state index contributed by atoms with van der Waals surface area (Å²) in [4.78, 5) is 11.8. The van der Waals surface area contributed by atoms with Crippen LogP contribution in [0.3, 0.4) is 0 Å². The molecule has 4 nitrogen and oxygen atoms in total. The minimum absolute atomic E-state index is 0.142. The fourth-order valence-corrected chi connectivity index (χ4v) is 1.76. The molecule has 1 aromatic carbocycles. The lowest BCUT2D eigenvalue weighted by Crippen LogP contribution is -2.35. The summed E-state index contributed by atoms with van der Waals surface area (Å²) in [5, 5.41) is 11.6. The molecule has 1 rings (SSSR count). The smallest absolute Gasteiger partial charge is 0.241 e. The van der Waals surface area contributed by atoms with Crippen LogP contribution in [0.2, 0.25) is 0 Å². The molecular weight excluding hydrogens is 228 g/mol. The number of benzene rings is 1. The van der Waals surface area contributed by atoms with Crippen LogP contribution in [0, 0.1) is 0 Å². The molecule has 0 aliphatic carbocycles. The van der Waals surface area contributed by atoms with Gasteiger partial charge in [-0.15, -0.1) is 0 Å². The van der Waals surface area contributed by atoms with E-state index in [1.807, 2.05) is 31.2 Å². The second-order valence-electron chi connectivity index (χ2n) is 4.41. The lowest BCUT2D eigenvalue weighted by molar-refractivity contribution is -0.117. The van der Waals surface area contributed by atoms with Crippen LogP contribution < -0.4 is 11.1 Å². The van der Waals surface area contributed by atoms with E-state index in [-0.39, 0.29) is 12.5 Å². The third-order valence-corrected chi connectivity index (χ3v) is 2.75. The van der Waals surface area contributed by atoms with Gasteiger partial charge in [0.1, 0.15) is 0 Å². The quantitative estimate of drug-likeness (QED) is 0.689. The number of rotatable bonds is 7. The SMILES string of the molecule is CCC[C@@H](N)C(=O)Nc1cccc(CCCO)c1. The maximum absolute atomic E-state index is 11.8. The van der Waals surface area contributed by atoms with E-state index >= 15 is 0 Å². The van der Waals surface area contributed by atoms with Crippen molar-refractivity contribution in [3.05, 3.63) is 29.8 Å². The summed E-state index contributed by atoms with van der Waals surface area (Å²) >= 11 is 0. The van der Waals surface area contributed by atoms with Crippen LogP contribution in [0.1, 0.15) is 31.7 Å². The third kappa shape index (κ3) is 4.85. The fraction of sp³-hybridized carbons (Fsp3) is 0.500. The van der Waals surface area contributed by atoms with Gasteiger partial charge in [0.15, 0.2) is 0 Å². The molecule has 18 heavy (non-hydrogen) atoms. The van der Waals surface area contributed by atoms with Crippen molar-refractivity contribution in [3.8, 4) is 0 Å². The van der Waals surface area contributed by atoms with E-state index in [0.717, 1.165) is 30.5 Å². The fourth-order valence-electron chi connectivity index (χ4n) is 1.76. The molecule has 1 amide bonds. The molecule has 4 N–H and O–H groups in total. The zero-order chi connectivity index (χ0) is 13.4. The number of nitrogens with one attached hydrogen (secondary N) is 1. The molecule has 0 radical (unpaired) electrons. The Balaban J connectivity index is 2.58. The molecule has 0 fully saturated rings. The molecule has 0 aromatic heterocycles. The Bertz CT molecular complexity index is 380. The Labute approximate surface area is 108 Å². The number of anilines is 1. The molecule has 0 heterocycles. The van der Waals surface area contributed by atoms with Gasteiger partial charge < -0.3 is 16.2 Å². The molecule has 0 aliphatic heterocycles. The average Bonchev–Trinajstić information content (AvgIpc) is 2.37. The van der Waals surface area contributed by atoms with Gasteiger partial charge in [-0.25, -0.2) is 0 Å². The molecule has 4 heteroatoms. The molecule has 0 spiro atoms. The molecule has 0 bridgehead atoms. The third-order valence-electron chi connectivity index (χ3n) is 2.75. The van der Waals surface area contributed by atoms with Gasteiger partial charge in [-0.3, -0.25) is 4.79 Å². The minimum atomic E-state index is -0.448. The summed E-state index contributed by atoms with van der Waals surface area (Å²) in [6.45, 7) is 2.18. The number of carbonyl (C=O) groups excluding carboxylic acids is 1. The molecular formula is C14H22N2O2. The van der Waals surface area contributed by atoms with Gasteiger partial charge >= 0.3 is 0 Å². The van der Waals surface area contributed by atoms with E-state index in [1.54, 1.807) is 0 Å². The topological polar surface area (TPSA) is 75.4 Å². The van der Waals surface area contributed by atoms with Crippen LogP contribution >= 0.6 is 0 Å². The standard InChI is InChI=1S/C14H22N2O2/c1-2-5-13(15)14(18)16-12-8-3-6-11(10-12)7-4-9-17/h3,6,8,10,13,17H,2,4-5,7,9,15H2,1H3,(H,16,18)/t13-/m1/s1. The monoisotopic (exact) mass is 250 g/mol. The van der Waals surface area contributed by atoms with Crippen molar-refractivity contribution in [3.63, 3.8) is 0 Å². The zero-order valence-corrected chi connectivity index (χ0v) is 10.9. The number of carbonyl (C=O) groups is 1. The second-order valence-corrected chi connectivity index (χ2v) is 4.41. The first-order chi connectivity index (χ1) is 8.67. The summed E-state index contributed by atoms with van der Waals surface area (Å²) in [5.74, 6) is -0.142. The van der Waals surface area contributed by atoms with Crippen molar-refractivity contribution in [2.75, 3.05) is 11.9 Å². The summed E-state index contributed by atoms with van der Waals surface area (Å²) in [7, 11) is 0. The first kappa shape index (κ1) is 14.7. The Morgan fingerprint density at radius 2 is 2.28 bits per heavy atom. The van der Waals surface area contributed by atoms with Gasteiger partial charge in [0, 0.05) is 12.3 Å². The maximum Gasteiger partial charge on any atom is 0.241 e. The van der Waals surface area contributed by atoms with Crippen molar-refractivity contribution in [1.82, 2.24) is 0 Å². The van der Waals surface area contributed by atoms with E-state index in [0.29, 0.717) is 6.42 Å². The van der Waals surface area contributed by atoms with Crippen LogP contribution in [-0.4, -0.2) is 23.7 Å². The van der Waals surface area contributed by atoms with Crippen molar-refractivity contribution in [2.45, 2.75) is 38.6 Å². The van der Waals surface area contributed by atoms with Crippen LogP contribution in [-0.2, 0) is 11.2 Å². The van der Waals surface area contributed by atoms with E-state index < -0.39 is 6.04 Å². The highest BCUT2D eigenvalue weighted by Crippen LogP contribution is 2.12. The van der Waals surface area contributed by atoms with Gasteiger partial charge in [-0.1, -0.05) is 25.5 Å². The molecule has 0 saturated carbocycles. The molecule has 1 atom stereocenters. The molecule has 1 aromatic rings. The van der Waals surface area contributed by atoms with Crippen LogP contribution in [0.15, 0.2) is 24.3 Å². The first-order valence-electron chi connectivity index (χ1n) is 6.43. The van der Waals surface area contributed by atoms with E-state index in [4.69, 9.17) is 10.8 Å². The Kier molecular flexibility index (Phi) is 6.39. The number of nitrogens with two attached hydrogens (primary N) is 1. The van der Waals surface area contributed by atoms with Crippen molar-refractivity contribution < 1.29 is 9.90 Å². The Morgan fingerprint density at radius 3 is 2.94 bits per heavy atom. The highest BCUT2D eigenvalue weighted by atomic mass is 16.2. The Morgan fingerprint density at radius 1 is 1.50 bits per heavy atom. The largest absolute Gasteiger partial charge is 0.396 e. The molecule has 0 aliphatic rings. The summed E-state index contributed by atoms with van der Waals surface area (Å²) < 4.78 is 0. The Hall–Kier alpha value is -1.39. The first-order valence-corrected chi connectivity index (χ1v) is 6.43. The van der Waals surface area contributed by atoms with E-state index in [2.05, 4.69) is 5.32 Å².